The van der Waals surface area contributed by atoms with E-state index in [1.165, 1.54) is 17.7 Å². The number of thiophene rings is 1. The Balaban J connectivity index is 1.92. The quantitative estimate of drug-likeness (QED) is 0.610. The molecule has 0 saturated heterocycles. The molecule has 3 rings (SSSR count). The largest absolute Gasteiger partial charge is 0.462 e. The summed E-state index contributed by atoms with van der Waals surface area (Å²) in [6.07, 6.45) is 2.19. The average Bonchev–Trinajstić information content (AvgIpc) is 3.12. The van der Waals surface area contributed by atoms with Crippen molar-refractivity contribution in [1.82, 2.24) is 9.97 Å². The summed E-state index contributed by atoms with van der Waals surface area (Å²) in [6, 6.07) is 6.93. The first kappa shape index (κ1) is 18.8. The maximum absolute atomic E-state index is 12.2. The predicted molar refractivity (Wildman–Crippen MR) is 104 cm³/mol. The maximum atomic E-state index is 12.2. The highest BCUT2D eigenvalue weighted by Crippen LogP contribution is 2.31. The number of carbonyl (C=O) groups is 2. The highest BCUT2D eigenvalue weighted by Gasteiger charge is 2.18. The molecule has 0 aliphatic heterocycles. The molecule has 0 spiro atoms. The van der Waals surface area contributed by atoms with E-state index in [0.29, 0.717) is 39.5 Å². The van der Waals surface area contributed by atoms with Gasteiger partial charge in [-0.2, -0.15) is 0 Å². The molecular weight excluding hydrogens is 366 g/mol. The van der Waals surface area contributed by atoms with Crippen LogP contribution in [0.5, 0.6) is 0 Å². The Hall–Kier alpha value is -3.00. The summed E-state index contributed by atoms with van der Waals surface area (Å²) >= 11 is 1.34. The zero-order valence-electron chi connectivity index (χ0n) is 15.0. The summed E-state index contributed by atoms with van der Waals surface area (Å²) < 4.78 is 10.3. The van der Waals surface area contributed by atoms with Crippen molar-refractivity contribution >= 4 is 45.0 Å². The van der Waals surface area contributed by atoms with E-state index < -0.39 is 5.97 Å². The molecule has 7 nitrogen and oxygen atoms in total. The first-order chi connectivity index (χ1) is 13.1. The number of anilines is 2. The number of benzene rings is 1. The van der Waals surface area contributed by atoms with Gasteiger partial charge in [0.25, 0.3) is 0 Å². The van der Waals surface area contributed by atoms with E-state index in [0.717, 1.165) is 6.42 Å². The first-order valence-electron chi connectivity index (χ1n) is 8.57. The first-order valence-corrected chi connectivity index (χ1v) is 9.45. The molecule has 1 aromatic carbocycles. The maximum Gasteiger partial charge on any atom is 0.339 e. The number of rotatable bonds is 7. The lowest BCUT2D eigenvalue weighted by atomic mass is 10.2. The minimum Gasteiger partial charge on any atom is -0.462 e. The van der Waals surface area contributed by atoms with Gasteiger partial charge in [-0.3, -0.25) is 0 Å². The van der Waals surface area contributed by atoms with Crippen LogP contribution in [0.1, 0.15) is 41.0 Å². The zero-order chi connectivity index (χ0) is 19.2. The van der Waals surface area contributed by atoms with Crippen LogP contribution in [0.4, 0.5) is 11.5 Å². The smallest absolute Gasteiger partial charge is 0.339 e. The monoisotopic (exact) mass is 385 g/mol. The second kappa shape index (κ2) is 8.59. The molecule has 140 valence electrons. The van der Waals surface area contributed by atoms with Crippen LogP contribution in [0.25, 0.3) is 10.2 Å². The molecule has 0 amide bonds. The molecule has 3 aromatic rings. The van der Waals surface area contributed by atoms with Crippen LogP contribution < -0.4 is 5.32 Å². The Kier molecular flexibility index (Phi) is 5.97. The highest BCUT2D eigenvalue weighted by molar-refractivity contribution is 7.17. The van der Waals surface area contributed by atoms with Crippen molar-refractivity contribution in [2.45, 2.75) is 20.3 Å². The predicted octanol–water partition coefficient (Wildman–Crippen LogP) is 4.18. The molecule has 0 radical (unpaired) electrons. The molecule has 2 heterocycles. The summed E-state index contributed by atoms with van der Waals surface area (Å²) in [7, 11) is 0. The molecule has 8 heteroatoms. The van der Waals surface area contributed by atoms with Gasteiger partial charge in [0, 0.05) is 11.1 Å². The fraction of sp³-hybridized carbons (Fsp3) is 0.263. The van der Waals surface area contributed by atoms with Crippen LogP contribution in [0.3, 0.4) is 0 Å². The van der Waals surface area contributed by atoms with Gasteiger partial charge in [-0.1, -0.05) is 13.0 Å². The van der Waals surface area contributed by atoms with Gasteiger partial charge in [0.2, 0.25) is 0 Å². The third kappa shape index (κ3) is 4.22. The molecule has 0 saturated carbocycles. The van der Waals surface area contributed by atoms with Gasteiger partial charge < -0.3 is 14.8 Å². The molecule has 1 N–H and O–H groups in total. The van der Waals surface area contributed by atoms with E-state index in [4.69, 9.17) is 9.47 Å². The van der Waals surface area contributed by atoms with Gasteiger partial charge in [-0.05, 0) is 31.5 Å². The highest BCUT2D eigenvalue weighted by atomic mass is 32.1. The number of esters is 2. The van der Waals surface area contributed by atoms with Gasteiger partial charge in [0.1, 0.15) is 17.0 Å². The van der Waals surface area contributed by atoms with E-state index in [2.05, 4.69) is 15.3 Å². The second-order valence-electron chi connectivity index (χ2n) is 5.61. The molecule has 0 bridgehead atoms. The fourth-order valence-electron chi connectivity index (χ4n) is 2.47. The van der Waals surface area contributed by atoms with Gasteiger partial charge in [0.05, 0.1) is 29.7 Å². The molecular formula is C19H19N3O4S. The summed E-state index contributed by atoms with van der Waals surface area (Å²) in [5.41, 5.74) is 1.51. The number of nitrogens with zero attached hydrogens (tertiary/aromatic N) is 2. The normalized spacial score (nSPS) is 10.6. The van der Waals surface area contributed by atoms with E-state index >= 15 is 0 Å². The summed E-state index contributed by atoms with van der Waals surface area (Å²) in [5, 5.41) is 5.47. The van der Waals surface area contributed by atoms with Crippen molar-refractivity contribution in [2.75, 3.05) is 18.5 Å². The van der Waals surface area contributed by atoms with Crippen molar-refractivity contribution in [2.24, 2.45) is 0 Å². The molecule has 0 aliphatic carbocycles. The Labute approximate surface area is 160 Å². The Morgan fingerprint density at radius 3 is 2.78 bits per heavy atom. The topological polar surface area (TPSA) is 90.4 Å². The van der Waals surface area contributed by atoms with Crippen LogP contribution in [0, 0.1) is 0 Å². The number of hydrogen-bond donors (Lipinski definition) is 1. The van der Waals surface area contributed by atoms with Gasteiger partial charge >= 0.3 is 11.9 Å². The Bertz CT molecular complexity index is 970. The summed E-state index contributed by atoms with van der Waals surface area (Å²) in [6.45, 7) is 4.36. The average molecular weight is 385 g/mol. The lowest BCUT2D eigenvalue weighted by molar-refractivity contribution is 0.0502. The molecule has 0 fully saturated rings. The van der Waals surface area contributed by atoms with Crippen LogP contribution in [-0.4, -0.2) is 35.1 Å². The van der Waals surface area contributed by atoms with Crippen LogP contribution in [-0.2, 0) is 9.47 Å². The van der Waals surface area contributed by atoms with Crippen molar-refractivity contribution < 1.29 is 19.1 Å². The zero-order valence-corrected chi connectivity index (χ0v) is 15.8. The minimum atomic E-state index is -0.418. The van der Waals surface area contributed by atoms with Gasteiger partial charge in [0.15, 0.2) is 0 Å². The SMILES string of the molecule is CCCOC(=O)c1cccc(Nc2ncnc3scc(C(=O)OCC)c23)c1. The van der Waals surface area contributed by atoms with Crippen LogP contribution in [0.15, 0.2) is 36.0 Å². The summed E-state index contributed by atoms with van der Waals surface area (Å²) in [5.74, 6) is -0.321. The molecule has 0 aliphatic rings. The number of hydrogen-bond acceptors (Lipinski definition) is 8. The molecule has 2 aromatic heterocycles. The molecule has 27 heavy (non-hydrogen) atoms. The van der Waals surface area contributed by atoms with Crippen LogP contribution in [0.2, 0.25) is 0 Å². The standard InChI is InChI=1S/C19H19N3O4S/c1-3-8-26-18(23)12-6-5-7-13(9-12)22-16-15-14(19(24)25-4-2)10-27-17(15)21-11-20-16/h5-7,9-11H,3-4,8H2,1-2H3,(H,20,21,22). The molecule has 0 atom stereocenters. The third-order valence-corrected chi connectivity index (χ3v) is 4.55. The Morgan fingerprint density at radius 1 is 1.15 bits per heavy atom. The van der Waals surface area contributed by atoms with Crippen molar-refractivity contribution in [3.63, 3.8) is 0 Å². The van der Waals surface area contributed by atoms with E-state index in [1.807, 2.05) is 6.92 Å². The van der Waals surface area contributed by atoms with Crippen molar-refractivity contribution in [3.8, 4) is 0 Å². The molecule has 0 unspecified atom stereocenters. The third-order valence-electron chi connectivity index (χ3n) is 3.66. The number of nitrogens with one attached hydrogen (secondary N) is 1. The van der Waals surface area contributed by atoms with E-state index in [1.54, 1.807) is 36.6 Å². The van der Waals surface area contributed by atoms with Gasteiger partial charge in [-0.25, -0.2) is 19.6 Å². The summed E-state index contributed by atoms with van der Waals surface area (Å²) in [4.78, 5) is 33.4. The van der Waals surface area contributed by atoms with E-state index in [-0.39, 0.29) is 12.6 Å². The lowest BCUT2D eigenvalue weighted by Gasteiger charge is -2.09. The number of ether oxygens (including phenoxy) is 2. The number of carbonyl (C=O) groups excluding carboxylic acids is 2. The lowest BCUT2D eigenvalue weighted by Crippen LogP contribution is -2.07. The second-order valence-corrected chi connectivity index (χ2v) is 6.47. The Morgan fingerprint density at radius 2 is 2.00 bits per heavy atom. The number of fused-ring (bicyclic) bond motifs is 1. The van der Waals surface area contributed by atoms with E-state index in [9.17, 15) is 9.59 Å². The van der Waals surface area contributed by atoms with Crippen molar-refractivity contribution in [3.05, 3.63) is 47.1 Å². The number of aromatic nitrogens is 2. The minimum absolute atomic E-state index is 0.286. The van der Waals surface area contributed by atoms with Crippen molar-refractivity contribution in [1.29, 1.82) is 0 Å². The van der Waals surface area contributed by atoms with Gasteiger partial charge in [-0.15, -0.1) is 11.3 Å². The fourth-order valence-corrected chi connectivity index (χ4v) is 3.34. The van der Waals surface area contributed by atoms with Crippen LogP contribution >= 0.6 is 11.3 Å².